The molecule has 2 aromatic heterocycles. The maximum absolute atomic E-state index is 12.7. The van der Waals surface area contributed by atoms with Crippen LogP contribution in [0.4, 0.5) is 13.2 Å². The summed E-state index contributed by atoms with van der Waals surface area (Å²) < 4.78 is 42.0. The molecule has 0 radical (unpaired) electrons. The summed E-state index contributed by atoms with van der Waals surface area (Å²) in [6, 6.07) is 9.99. The van der Waals surface area contributed by atoms with E-state index in [1.54, 1.807) is 11.3 Å². The van der Waals surface area contributed by atoms with Crippen molar-refractivity contribution >= 4 is 33.4 Å². The van der Waals surface area contributed by atoms with Crippen LogP contribution in [0.2, 0.25) is 0 Å². The lowest BCUT2D eigenvalue weighted by Gasteiger charge is -2.42. The number of aromatic amines is 1. The second-order valence-electron chi connectivity index (χ2n) is 10.1. The number of hydrogen-bond donors (Lipinski definition) is 2. The van der Waals surface area contributed by atoms with Gasteiger partial charge in [-0.1, -0.05) is 12.1 Å². The van der Waals surface area contributed by atoms with E-state index in [1.165, 1.54) is 29.1 Å². The maximum Gasteiger partial charge on any atom is 0.573 e. The van der Waals surface area contributed by atoms with Gasteiger partial charge in [0.2, 0.25) is 5.91 Å². The number of thiophene rings is 1. The standard InChI is InChI=1S/C27H31F3N4O3S/c1-17-14-22-24(38-17)16-23(32-22)26(36)31-19-6-10-33(11-7-19)20-8-12-34(13-9-20)25(35)15-18-2-4-21(5-3-18)37-27(28,29)30/h2-5,14,16,19-20,32H,6-13,15H2,1H3,(H,31,36). The van der Waals surface area contributed by atoms with Crippen LogP contribution in [-0.4, -0.2) is 71.2 Å². The fourth-order valence-corrected chi connectivity index (χ4v) is 6.34. The van der Waals surface area contributed by atoms with Gasteiger partial charge in [-0.05, 0) is 62.4 Å². The molecule has 5 rings (SSSR count). The number of aryl methyl sites for hydroxylation is 1. The van der Waals surface area contributed by atoms with Crippen molar-refractivity contribution in [2.75, 3.05) is 26.2 Å². The van der Waals surface area contributed by atoms with Gasteiger partial charge in [-0.2, -0.15) is 0 Å². The number of amides is 2. The first-order valence-electron chi connectivity index (χ1n) is 12.9. The Balaban J connectivity index is 1.03. The molecule has 0 atom stereocenters. The van der Waals surface area contributed by atoms with Crippen molar-refractivity contribution in [3.05, 3.63) is 52.5 Å². The van der Waals surface area contributed by atoms with Crippen molar-refractivity contribution in [2.45, 2.75) is 57.5 Å². The van der Waals surface area contributed by atoms with Crippen LogP contribution in [0.25, 0.3) is 10.2 Å². The van der Waals surface area contributed by atoms with E-state index in [0.717, 1.165) is 49.0 Å². The first-order valence-corrected chi connectivity index (χ1v) is 13.7. The van der Waals surface area contributed by atoms with Crippen LogP contribution in [-0.2, 0) is 11.2 Å². The number of benzene rings is 1. The summed E-state index contributed by atoms with van der Waals surface area (Å²) in [5.41, 5.74) is 2.27. The summed E-state index contributed by atoms with van der Waals surface area (Å²) >= 11 is 1.68. The zero-order chi connectivity index (χ0) is 26.9. The molecule has 0 saturated carbocycles. The van der Waals surface area contributed by atoms with E-state index in [0.29, 0.717) is 30.4 Å². The Kier molecular flexibility index (Phi) is 7.67. The molecular weight excluding hydrogens is 517 g/mol. The molecule has 2 aliphatic rings. The van der Waals surface area contributed by atoms with Gasteiger partial charge in [0.15, 0.2) is 0 Å². The first-order chi connectivity index (χ1) is 18.1. The van der Waals surface area contributed by atoms with Crippen molar-refractivity contribution in [3.63, 3.8) is 0 Å². The average Bonchev–Trinajstić information content (AvgIpc) is 3.43. The molecule has 2 fully saturated rings. The topological polar surface area (TPSA) is 77.7 Å². The number of nitrogens with zero attached hydrogens (tertiary/aromatic N) is 2. The van der Waals surface area contributed by atoms with Crippen molar-refractivity contribution in [2.24, 2.45) is 0 Å². The number of H-pyrrole nitrogens is 1. The van der Waals surface area contributed by atoms with E-state index in [-0.39, 0.29) is 30.0 Å². The number of nitrogens with one attached hydrogen (secondary N) is 2. The molecular formula is C27H31F3N4O3S. The molecule has 4 heterocycles. The molecule has 2 saturated heterocycles. The third kappa shape index (κ3) is 6.50. The van der Waals surface area contributed by atoms with Gasteiger partial charge in [0, 0.05) is 43.1 Å². The lowest BCUT2D eigenvalue weighted by Crippen LogP contribution is -2.52. The Morgan fingerprint density at radius 3 is 2.37 bits per heavy atom. The molecule has 38 heavy (non-hydrogen) atoms. The lowest BCUT2D eigenvalue weighted by atomic mass is 9.97. The second-order valence-corrected chi connectivity index (χ2v) is 11.4. The first kappa shape index (κ1) is 26.6. The number of rotatable bonds is 6. The van der Waals surface area contributed by atoms with Gasteiger partial charge in [0.1, 0.15) is 11.4 Å². The van der Waals surface area contributed by atoms with Gasteiger partial charge in [-0.3, -0.25) is 9.59 Å². The molecule has 2 amide bonds. The molecule has 0 unspecified atom stereocenters. The molecule has 0 spiro atoms. The minimum Gasteiger partial charge on any atom is -0.406 e. The van der Waals surface area contributed by atoms with Crippen molar-refractivity contribution in [1.29, 1.82) is 0 Å². The fraction of sp³-hybridized carbons (Fsp3) is 0.481. The van der Waals surface area contributed by atoms with Crippen molar-refractivity contribution < 1.29 is 27.5 Å². The molecule has 3 aromatic rings. The maximum atomic E-state index is 12.7. The number of carbonyl (C=O) groups is 2. The number of alkyl halides is 3. The van der Waals surface area contributed by atoms with Crippen LogP contribution in [0.5, 0.6) is 5.75 Å². The van der Waals surface area contributed by atoms with E-state index < -0.39 is 6.36 Å². The summed E-state index contributed by atoms with van der Waals surface area (Å²) in [4.78, 5) is 34.2. The van der Waals surface area contributed by atoms with Crippen LogP contribution in [0, 0.1) is 6.92 Å². The molecule has 204 valence electrons. The molecule has 11 heteroatoms. The fourth-order valence-electron chi connectivity index (χ4n) is 5.42. The molecule has 2 aliphatic heterocycles. The van der Waals surface area contributed by atoms with Crippen molar-refractivity contribution in [1.82, 2.24) is 20.1 Å². The predicted octanol–water partition coefficient (Wildman–Crippen LogP) is 4.86. The smallest absolute Gasteiger partial charge is 0.406 e. The summed E-state index contributed by atoms with van der Waals surface area (Å²) in [6.45, 7) is 5.21. The molecule has 1 aromatic carbocycles. The van der Waals surface area contributed by atoms with Gasteiger partial charge in [-0.25, -0.2) is 0 Å². The quantitative estimate of drug-likeness (QED) is 0.461. The normalized spacial score (nSPS) is 18.2. The molecule has 0 aliphatic carbocycles. The Morgan fingerprint density at radius 1 is 1.05 bits per heavy atom. The third-order valence-corrected chi connectivity index (χ3v) is 8.38. The van der Waals surface area contributed by atoms with E-state index in [2.05, 4.69) is 32.9 Å². The lowest BCUT2D eigenvalue weighted by molar-refractivity contribution is -0.274. The van der Waals surface area contributed by atoms with E-state index >= 15 is 0 Å². The predicted molar refractivity (Wildman–Crippen MR) is 139 cm³/mol. The zero-order valence-electron chi connectivity index (χ0n) is 21.1. The SMILES string of the molecule is Cc1cc2[nH]c(C(=O)NC3CCN(C4CCN(C(=O)Cc5ccc(OC(F)(F)F)cc5)CC4)CC3)cc2s1. The summed E-state index contributed by atoms with van der Waals surface area (Å²) in [5.74, 6) is -0.371. The van der Waals surface area contributed by atoms with Crippen LogP contribution >= 0.6 is 11.3 Å². The monoisotopic (exact) mass is 548 g/mol. The Hall–Kier alpha value is -3.05. The van der Waals surface area contributed by atoms with Gasteiger partial charge in [-0.15, -0.1) is 24.5 Å². The van der Waals surface area contributed by atoms with E-state index in [9.17, 15) is 22.8 Å². The van der Waals surface area contributed by atoms with Crippen molar-refractivity contribution in [3.8, 4) is 5.75 Å². The number of ether oxygens (including phenoxy) is 1. The average molecular weight is 549 g/mol. The minimum atomic E-state index is -4.73. The van der Waals surface area contributed by atoms with Gasteiger partial charge < -0.3 is 24.8 Å². The van der Waals surface area contributed by atoms with Crippen LogP contribution < -0.4 is 10.1 Å². The third-order valence-electron chi connectivity index (χ3n) is 7.38. The Morgan fingerprint density at radius 2 is 1.74 bits per heavy atom. The number of fused-ring (bicyclic) bond motifs is 1. The number of carbonyl (C=O) groups excluding carboxylic acids is 2. The van der Waals surface area contributed by atoms with Gasteiger partial charge >= 0.3 is 6.36 Å². The van der Waals surface area contributed by atoms with Crippen LogP contribution in [0.3, 0.4) is 0 Å². The van der Waals surface area contributed by atoms with Crippen LogP contribution in [0.1, 0.15) is 46.6 Å². The summed E-state index contributed by atoms with van der Waals surface area (Å²) in [5, 5.41) is 3.18. The number of piperidine rings is 2. The molecule has 2 N–H and O–H groups in total. The highest BCUT2D eigenvalue weighted by Gasteiger charge is 2.32. The number of halogens is 3. The van der Waals surface area contributed by atoms with E-state index in [4.69, 9.17) is 0 Å². The van der Waals surface area contributed by atoms with Gasteiger partial charge in [0.25, 0.3) is 5.91 Å². The summed E-state index contributed by atoms with van der Waals surface area (Å²) in [7, 11) is 0. The number of likely N-dealkylation sites (tertiary alicyclic amines) is 2. The highest BCUT2D eigenvalue weighted by Crippen LogP contribution is 2.27. The van der Waals surface area contributed by atoms with Crippen LogP contribution in [0.15, 0.2) is 36.4 Å². The number of hydrogen-bond acceptors (Lipinski definition) is 5. The largest absolute Gasteiger partial charge is 0.573 e. The number of aromatic nitrogens is 1. The Labute approximate surface area is 222 Å². The zero-order valence-corrected chi connectivity index (χ0v) is 22.0. The highest BCUT2D eigenvalue weighted by molar-refractivity contribution is 7.19. The van der Waals surface area contributed by atoms with Gasteiger partial charge in [0.05, 0.1) is 16.6 Å². The van der Waals surface area contributed by atoms with E-state index in [1.807, 2.05) is 11.0 Å². The Bertz CT molecular complexity index is 1240. The molecule has 7 nitrogen and oxygen atoms in total. The molecule has 0 bridgehead atoms. The highest BCUT2D eigenvalue weighted by atomic mass is 32.1. The summed E-state index contributed by atoms with van der Waals surface area (Å²) in [6.07, 6.45) is -1.01. The minimum absolute atomic E-state index is 0.0197. The second kappa shape index (κ2) is 11.0.